The van der Waals surface area contributed by atoms with Gasteiger partial charge in [-0.3, -0.25) is 34.2 Å². The summed E-state index contributed by atoms with van der Waals surface area (Å²) in [7, 11) is 0. The molecule has 0 saturated heterocycles. The Hall–Kier alpha value is -4.61. The molecule has 3 amide bonds. The van der Waals surface area contributed by atoms with E-state index in [0.717, 1.165) is 18.9 Å². The number of fused-ring (bicyclic) bond motifs is 1. The van der Waals surface area contributed by atoms with Gasteiger partial charge in [0.1, 0.15) is 12.1 Å². The van der Waals surface area contributed by atoms with E-state index in [4.69, 9.17) is 9.47 Å². The van der Waals surface area contributed by atoms with Crippen molar-refractivity contribution in [1.82, 2.24) is 4.90 Å². The Labute approximate surface area is 198 Å². The monoisotopic (exact) mass is 483 g/mol. The SMILES string of the molecule is CCCCOC(=O)c1ccc(NC(=O)COC(=O)CN2C(=O)c3cccc([N+](=O)[O-])c3C2=O)cc1. The summed E-state index contributed by atoms with van der Waals surface area (Å²) >= 11 is 0. The summed E-state index contributed by atoms with van der Waals surface area (Å²) in [6, 6.07) is 9.48. The number of hydrogen-bond donors (Lipinski definition) is 1. The average molecular weight is 483 g/mol. The number of unbranched alkanes of at least 4 members (excludes halogenated alkanes) is 1. The lowest BCUT2D eigenvalue weighted by Gasteiger charge is -2.13. The van der Waals surface area contributed by atoms with Gasteiger partial charge in [0.05, 0.1) is 22.7 Å². The number of imide groups is 1. The van der Waals surface area contributed by atoms with Gasteiger partial charge < -0.3 is 14.8 Å². The highest BCUT2D eigenvalue weighted by Crippen LogP contribution is 2.30. The van der Waals surface area contributed by atoms with E-state index in [0.29, 0.717) is 22.8 Å². The Balaban J connectivity index is 1.50. The zero-order valence-electron chi connectivity index (χ0n) is 18.6. The fraction of sp³-hybridized carbons (Fsp3) is 0.261. The van der Waals surface area contributed by atoms with Gasteiger partial charge in [-0.25, -0.2) is 4.79 Å². The molecule has 12 nitrogen and oxygen atoms in total. The number of nitrogens with one attached hydrogen (secondary N) is 1. The van der Waals surface area contributed by atoms with E-state index in [1.165, 1.54) is 36.4 Å². The minimum absolute atomic E-state index is 0.188. The van der Waals surface area contributed by atoms with Gasteiger partial charge in [-0.15, -0.1) is 0 Å². The van der Waals surface area contributed by atoms with Crippen molar-refractivity contribution in [3.63, 3.8) is 0 Å². The van der Waals surface area contributed by atoms with E-state index in [1.807, 2.05) is 6.92 Å². The predicted octanol–water partition coefficient (Wildman–Crippen LogP) is 2.33. The van der Waals surface area contributed by atoms with Crippen LogP contribution in [0.3, 0.4) is 0 Å². The fourth-order valence-corrected chi connectivity index (χ4v) is 3.21. The number of nitrogens with zero attached hydrogens (tertiary/aromatic N) is 2. The molecule has 35 heavy (non-hydrogen) atoms. The Morgan fingerprint density at radius 3 is 2.40 bits per heavy atom. The van der Waals surface area contributed by atoms with Gasteiger partial charge in [-0.05, 0) is 36.8 Å². The van der Waals surface area contributed by atoms with Crippen molar-refractivity contribution < 1.29 is 38.4 Å². The number of ether oxygens (including phenoxy) is 2. The zero-order valence-corrected chi connectivity index (χ0v) is 18.6. The summed E-state index contributed by atoms with van der Waals surface area (Å²) in [6.45, 7) is 0.770. The Bertz CT molecular complexity index is 1190. The second-order valence-corrected chi connectivity index (χ2v) is 7.43. The first-order chi connectivity index (χ1) is 16.7. The maximum absolute atomic E-state index is 12.5. The van der Waals surface area contributed by atoms with E-state index >= 15 is 0 Å². The molecule has 0 aliphatic carbocycles. The molecule has 0 unspecified atom stereocenters. The van der Waals surface area contributed by atoms with E-state index in [2.05, 4.69) is 5.32 Å². The first-order valence-corrected chi connectivity index (χ1v) is 10.6. The predicted molar refractivity (Wildman–Crippen MR) is 120 cm³/mol. The molecule has 1 N–H and O–H groups in total. The molecular weight excluding hydrogens is 462 g/mol. The third kappa shape index (κ3) is 5.85. The van der Waals surface area contributed by atoms with Gasteiger partial charge in [0.15, 0.2) is 6.61 Å². The molecule has 0 fully saturated rings. The van der Waals surface area contributed by atoms with Gasteiger partial charge in [0.25, 0.3) is 23.4 Å². The lowest BCUT2D eigenvalue weighted by molar-refractivity contribution is -0.385. The van der Waals surface area contributed by atoms with Crippen molar-refractivity contribution in [2.75, 3.05) is 25.1 Å². The summed E-state index contributed by atoms with van der Waals surface area (Å²) < 4.78 is 9.92. The van der Waals surface area contributed by atoms with Gasteiger partial charge in [-0.2, -0.15) is 0 Å². The van der Waals surface area contributed by atoms with Crippen LogP contribution in [0.5, 0.6) is 0 Å². The molecule has 0 bridgehead atoms. The number of hydrogen-bond acceptors (Lipinski definition) is 9. The van der Waals surface area contributed by atoms with Crippen LogP contribution in [-0.4, -0.2) is 59.2 Å². The van der Waals surface area contributed by atoms with Gasteiger partial charge in [0, 0.05) is 11.8 Å². The molecule has 2 aromatic rings. The summed E-state index contributed by atoms with van der Waals surface area (Å²) in [5.41, 5.74) is -0.481. The van der Waals surface area contributed by atoms with Gasteiger partial charge in [-0.1, -0.05) is 19.4 Å². The van der Waals surface area contributed by atoms with Crippen molar-refractivity contribution in [3.05, 3.63) is 69.3 Å². The molecule has 0 atom stereocenters. The lowest BCUT2D eigenvalue weighted by atomic mass is 10.1. The van der Waals surface area contributed by atoms with E-state index in [-0.39, 0.29) is 5.56 Å². The Kier molecular flexibility index (Phi) is 7.87. The second kappa shape index (κ2) is 11.0. The molecule has 12 heteroatoms. The molecule has 0 spiro atoms. The number of nitro benzene ring substituents is 1. The number of amides is 3. The van der Waals surface area contributed by atoms with Crippen molar-refractivity contribution >= 4 is 41.0 Å². The molecule has 0 radical (unpaired) electrons. The maximum Gasteiger partial charge on any atom is 0.338 e. The Morgan fingerprint density at radius 1 is 1.03 bits per heavy atom. The first-order valence-electron chi connectivity index (χ1n) is 10.6. The van der Waals surface area contributed by atoms with Crippen LogP contribution in [-0.2, 0) is 19.1 Å². The van der Waals surface area contributed by atoms with Gasteiger partial charge >= 0.3 is 11.9 Å². The van der Waals surface area contributed by atoms with Crippen LogP contribution in [0.1, 0.15) is 50.8 Å². The number of anilines is 1. The highest BCUT2D eigenvalue weighted by atomic mass is 16.6. The van der Waals surface area contributed by atoms with Crippen molar-refractivity contribution in [2.45, 2.75) is 19.8 Å². The topological polar surface area (TPSA) is 162 Å². The number of carbonyl (C=O) groups is 5. The number of rotatable bonds is 10. The van der Waals surface area contributed by atoms with Crippen molar-refractivity contribution in [2.24, 2.45) is 0 Å². The van der Waals surface area contributed by atoms with Crippen LogP contribution in [0.2, 0.25) is 0 Å². The summed E-state index contributed by atoms with van der Waals surface area (Å²) in [6.07, 6.45) is 1.65. The first kappa shape index (κ1) is 25.0. The van der Waals surface area contributed by atoms with E-state index in [9.17, 15) is 34.1 Å². The lowest BCUT2D eigenvalue weighted by Crippen LogP contribution is -2.36. The van der Waals surface area contributed by atoms with E-state index in [1.54, 1.807) is 0 Å². The van der Waals surface area contributed by atoms with Crippen molar-refractivity contribution in [1.29, 1.82) is 0 Å². The highest BCUT2D eigenvalue weighted by Gasteiger charge is 2.41. The second-order valence-electron chi connectivity index (χ2n) is 7.43. The fourth-order valence-electron chi connectivity index (χ4n) is 3.21. The smallest absolute Gasteiger partial charge is 0.338 e. The minimum Gasteiger partial charge on any atom is -0.462 e. The minimum atomic E-state index is -1.05. The molecule has 0 saturated carbocycles. The van der Waals surface area contributed by atoms with Crippen LogP contribution < -0.4 is 5.32 Å². The van der Waals surface area contributed by atoms with Crippen LogP contribution in [0.15, 0.2) is 42.5 Å². The zero-order chi connectivity index (χ0) is 25.5. The molecule has 182 valence electrons. The molecule has 1 heterocycles. The average Bonchev–Trinajstić information content (AvgIpc) is 3.08. The maximum atomic E-state index is 12.5. The molecular formula is C23H21N3O9. The third-order valence-corrected chi connectivity index (χ3v) is 4.96. The molecule has 1 aliphatic rings. The number of carbonyl (C=O) groups excluding carboxylic acids is 5. The number of benzene rings is 2. The van der Waals surface area contributed by atoms with Crippen molar-refractivity contribution in [3.8, 4) is 0 Å². The largest absolute Gasteiger partial charge is 0.462 e. The normalized spacial score (nSPS) is 12.2. The molecule has 1 aliphatic heterocycles. The number of esters is 2. The standard InChI is InChI=1S/C23H21N3O9/c1-2-3-11-34-23(31)14-7-9-15(10-8-14)24-18(27)13-35-19(28)12-25-21(29)16-5-4-6-17(26(32)33)20(16)22(25)30/h4-10H,2-3,11-13H2,1H3,(H,24,27). The van der Waals surface area contributed by atoms with E-state index < -0.39 is 59.0 Å². The van der Waals surface area contributed by atoms with Crippen LogP contribution in [0, 0.1) is 10.1 Å². The van der Waals surface area contributed by atoms with Crippen LogP contribution >= 0.6 is 0 Å². The molecule has 3 rings (SSSR count). The summed E-state index contributed by atoms with van der Waals surface area (Å²) in [5.74, 6) is -4.10. The van der Waals surface area contributed by atoms with Crippen LogP contribution in [0.4, 0.5) is 11.4 Å². The quantitative estimate of drug-likeness (QED) is 0.176. The summed E-state index contributed by atoms with van der Waals surface area (Å²) in [5, 5.41) is 13.6. The molecule has 2 aromatic carbocycles. The van der Waals surface area contributed by atoms with Crippen LogP contribution in [0.25, 0.3) is 0 Å². The van der Waals surface area contributed by atoms with Gasteiger partial charge in [0.2, 0.25) is 0 Å². The highest BCUT2D eigenvalue weighted by molar-refractivity contribution is 6.24. The number of nitro groups is 1. The third-order valence-electron chi connectivity index (χ3n) is 4.96. The summed E-state index contributed by atoms with van der Waals surface area (Å²) in [4.78, 5) is 71.8. The molecule has 0 aromatic heterocycles. The Morgan fingerprint density at radius 2 is 1.74 bits per heavy atom.